The number of hydrogen-bond acceptors (Lipinski definition) is 4. The van der Waals surface area contributed by atoms with Gasteiger partial charge in [-0.2, -0.15) is 0 Å². The van der Waals surface area contributed by atoms with Crippen LogP contribution >= 0.6 is 11.6 Å². The van der Waals surface area contributed by atoms with Crippen molar-refractivity contribution in [3.63, 3.8) is 0 Å². The Bertz CT molecular complexity index is 333. The molecule has 0 atom stereocenters. The number of aromatic nitrogens is 2. The maximum atomic E-state index is 5.72. The normalized spacial score (nSPS) is 18.2. The molecule has 0 radical (unpaired) electrons. The molecule has 0 amide bonds. The summed E-state index contributed by atoms with van der Waals surface area (Å²) in [5.41, 5.74) is 0. The third-order valence-corrected chi connectivity index (χ3v) is 3.40. The smallest absolute Gasteiger partial charge is 0.222 e. The van der Waals surface area contributed by atoms with Crippen molar-refractivity contribution in [2.75, 3.05) is 31.5 Å². The molecule has 17 heavy (non-hydrogen) atoms. The maximum absolute atomic E-state index is 5.72. The van der Waals surface area contributed by atoms with Crippen molar-refractivity contribution in [1.82, 2.24) is 14.9 Å². The Morgan fingerprint density at radius 3 is 2.65 bits per heavy atom. The van der Waals surface area contributed by atoms with Crippen LogP contribution in [0.15, 0.2) is 12.4 Å². The van der Waals surface area contributed by atoms with Gasteiger partial charge in [-0.25, -0.2) is 9.97 Å². The fourth-order valence-electron chi connectivity index (χ4n) is 2.02. The molecule has 94 valence electrons. The van der Waals surface area contributed by atoms with E-state index in [2.05, 4.69) is 27.1 Å². The van der Waals surface area contributed by atoms with Crippen LogP contribution in [0.1, 0.15) is 19.8 Å². The molecule has 2 heterocycles. The van der Waals surface area contributed by atoms with Crippen molar-refractivity contribution in [2.45, 2.75) is 19.8 Å². The first-order chi connectivity index (χ1) is 8.24. The van der Waals surface area contributed by atoms with E-state index in [-0.39, 0.29) is 0 Å². The molecular weight excluding hydrogens is 236 g/mol. The monoisotopic (exact) mass is 254 g/mol. The van der Waals surface area contributed by atoms with Gasteiger partial charge in [0.25, 0.3) is 0 Å². The molecule has 1 aliphatic rings. The Morgan fingerprint density at radius 1 is 1.35 bits per heavy atom. The van der Waals surface area contributed by atoms with E-state index in [1.165, 1.54) is 25.9 Å². The van der Waals surface area contributed by atoms with Gasteiger partial charge >= 0.3 is 0 Å². The molecule has 1 fully saturated rings. The van der Waals surface area contributed by atoms with Crippen molar-refractivity contribution in [2.24, 2.45) is 5.92 Å². The van der Waals surface area contributed by atoms with E-state index in [0.29, 0.717) is 11.0 Å². The van der Waals surface area contributed by atoms with Crippen LogP contribution in [0, 0.1) is 5.92 Å². The second-order valence-electron chi connectivity index (χ2n) is 4.68. The van der Waals surface area contributed by atoms with Crippen molar-refractivity contribution in [1.29, 1.82) is 0 Å². The van der Waals surface area contributed by atoms with Crippen molar-refractivity contribution in [3.05, 3.63) is 17.4 Å². The molecule has 0 saturated carbocycles. The number of nitrogens with one attached hydrogen (secondary N) is 1. The van der Waals surface area contributed by atoms with Crippen LogP contribution in [0.3, 0.4) is 0 Å². The third kappa shape index (κ3) is 4.13. The van der Waals surface area contributed by atoms with Crippen molar-refractivity contribution >= 4 is 17.5 Å². The summed E-state index contributed by atoms with van der Waals surface area (Å²) >= 11 is 5.72. The number of halogens is 1. The summed E-state index contributed by atoms with van der Waals surface area (Å²) in [6, 6.07) is 0. The predicted octanol–water partition coefficient (Wildman–Crippen LogP) is 2.27. The first kappa shape index (κ1) is 12.6. The molecule has 1 saturated heterocycles. The van der Waals surface area contributed by atoms with E-state index >= 15 is 0 Å². The van der Waals surface area contributed by atoms with E-state index in [4.69, 9.17) is 11.6 Å². The second kappa shape index (κ2) is 6.17. The fourth-order valence-corrected chi connectivity index (χ4v) is 2.11. The summed E-state index contributed by atoms with van der Waals surface area (Å²) in [7, 11) is 0. The molecule has 4 nitrogen and oxygen atoms in total. The summed E-state index contributed by atoms with van der Waals surface area (Å²) in [6.45, 7) is 6.69. The molecule has 0 aromatic carbocycles. The van der Waals surface area contributed by atoms with Gasteiger partial charge in [-0.3, -0.25) is 0 Å². The first-order valence-corrected chi connectivity index (χ1v) is 6.55. The highest BCUT2D eigenvalue weighted by Gasteiger charge is 2.14. The average molecular weight is 255 g/mol. The van der Waals surface area contributed by atoms with Crippen molar-refractivity contribution in [3.8, 4) is 0 Å². The summed E-state index contributed by atoms with van der Waals surface area (Å²) in [6.07, 6.45) is 5.85. The largest absolute Gasteiger partial charge is 0.353 e. The van der Waals surface area contributed by atoms with Gasteiger partial charge in [-0.15, -0.1) is 0 Å². The molecule has 5 heteroatoms. The summed E-state index contributed by atoms with van der Waals surface area (Å²) in [5, 5.41) is 3.78. The zero-order valence-electron chi connectivity index (χ0n) is 10.2. The minimum absolute atomic E-state index is 0.570. The third-order valence-electron chi connectivity index (χ3n) is 3.21. The van der Waals surface area contributed by atoms with Gasteiger partial charge < -0.3 is 10.2 Å². The van der Waals surface area contributed by atoms with Gasteiger partial charge in [-0.1, -0.05) is 18.5 Å². The maximum Gasteiger partial charge on any atom is 0.222 e. The van der Waals surface area contributed by atoms with Gasteiger partial charge in [0.15, 0.2) is 0 Å². The van der Waals surface area contributed by atoms with Crippen LogP contribution in [-0.4, -0.2) is 41.0 Å². The number of hydrogen-bond donors (Lipinski definition) is 1. The molecule has 1 aromatic heterocycles. The Balaban J connectivity index is 1.67. The number of likely N-dealkylation sites (tertiary alicyclic amines) is 1. The SMILES string of the molecule is CC1CCN(CCNc2ncc(Cl)cn2)CC1. The highest BCUT2D eigenvalue weighted by atomic mass is 35.5. The second-order valence-corrected chi connectivity index (χ2v) is 5.11. The van der Waals surface area contributed by atoms with E-state index in [0.717, 1.165) is 19.0 Å². The van der Waals surface area contributed by atoms with Crippen LogP contribution in [0.25, 0.3) is 0 Å². The van der Waals surface area contributed by atoms with Crippen molar-refractivity contribution < 1.29 is 0 Å². The predicted molar refractivity (Wildman–Crippen MR) is 70.4 cm³/mol. The number of nitrogens with zero attached hydrogens (tertiary/aromatic N) is 3. The van der Waals surface area contributed by atoms with Gasteiger partial charge in [0.05, 0.1) is 17.4 Å². The Kier molecular flexibility index (Phi) is 4.57. The van der Waals surface area contributed by atoms with Crippen LogP contribution in [0.5, 0.6) is 0 Å². The summed E-state index contributed by atoms with van der Waals surface area (Å²) in [4.78, 5) is 10.7. The van der Waals surface area contributed by atoms with Crippen LogP contribution in [-0.2, 0) is 0 Å². The Morgan fingerprint density at radius 2 is 2.00 bits per heavy atom. The Hall–Kier alpha value is -0.870. The minimum Gasteiger partial charge on any atom is -0.353 e. The van der Waals surface area contributed by atoms with E-state index in [1.807, 2.05) is 0 Å². The lowest BCUT2D eigenvalue weighted by Gasteiger charge is -2.30. The molecular formula is C12H19ClN4. The standard InChI is InChI=1S/C12H19ClN4/c1-10-2-5-17(6-3-10)7-4-14-12-15-8-11(13)9-16-12/h8-10H,2-7H2,1H3,(H,14,15,16). The summed E-state index contributed by atoms with van der Waals surface area (Å²) < 4.78 is 0. The zero-order valence-corrected chi connectivity index (χ0v) is 11.0. The lowest BCUT2D eigenvalue weighted by Crippen LogP contribution is -2.36. The topological polar surface area (TPSA) is 41.0 Å². The average Bonchev–Trinajstić information content (AvgIpc) is 2.34. The van der Waals surface area contributed by atoms with Crippen LogP contribution < -0.4 is 5.32 Å². The molecule has 2 rings (SSSR count). The lowest BCUT2D eigenvalue weighted by molar-refractivity contribution is 0.199. The van der Waals surface area contributed by atoms with Gasteiger partial charge in [-0.05, 0) is 31.8 Å². The molecule has 1 N–H and O–H groups in total. The van der Waals surface area contributed by atoms with E-state index in [1.54, 1.807) is 12.4 Å². The fraction of sp³-hybridized carbons (Fsp3) is 0.667. The number of anilines is 1. The molecule has 1 aliphatic heterocycles. The molecule has 0 spiro atoms. The van der Waals surface area contributed by atoms with Crippen LogP contribution in [0.2, 0.25) is 5.02 Å². The zero-order chi connectivity index (χ0) is 12.1. The van der Waals surface area contributed by atoms with Gasteiger partial charge in [0.1, 0.15) is 0 Å². The highest BCUT2D eigenvalue weighted by molar-refractivity contribution is 6.30. The molecule has 0 aliphatic carbocycles. The number of piperidine rings is 1. The highest BCUT2D eigenvalue weighted by Crippen LogP contribution is 2.15. The quantitative estimate of drug-likeness (QED) is 0.895. The van der Waals surface area contributed by atoms with E-state index < -0.39 is 0 Å². The Labute approximate surface area is 107 Å². The van der Waals surface area contributed by atoms with Gasteiger partial charge in [0.2, 0.25) is 5.95 Å². The molecule has 0 bridgehead atoms. The lowest BCUT2D eigenvalue weighted by atomic mass is 9.99. The molecule has 0 unspecified atom stereocenters. The van der Waals surface area contributed by atoms with E-state index in [9.17, 15) is 0 Å². The van der Waals surface area contributed by atoms with Gasteiger partial charge in [0, 0.05) is 13.1 Å². The number of rotatable bonds is 4. The summed E-state index contributed by atoms with van der Waals surface area (Å²) in [5.74, 6) is 1.54. The first-order valence-electron chi connectivity index (χ1n) is 6.18. The minimum atomic E-state index is 0.570. The van der Waals surface area contributed by atoms with Crippen LogP contribution in [0.4, 0.5) is 5.95 Å². The molecule has 1 aromatic rings.